The lowest BCUT2D eigenvalue weighted by molar-refractivity contribution is -0.115. The maximum atomic E-state index is 11.5. The first-order chi connectivity index (χ1) is 9.13. The maximum Gasteiger partial charge on any atom is 0.224 e. The summed E-state index contributed by atoms with van der Waals surface area (Å²) in [6.07, 6.45) is 0.444. The van der Waals surface area contributed by atoms with Crippen LogP contribution in [0.1, 0.15) is 24.7 Å². The van der Waals surface area contributed by atoms with Crippen LogP contribution in [-0.4, -0.2) is 11.0 Å². The van der Waals surface area contributed by atoms with Crippen molar-refractivity contribution in [2.75, 3.05) is 5.32 Å². The quantitative estimate of drug-likeness (QED) is 0.886. The summed E-state index contributed by atoms with van der Waals surface area (Å²) < 4.78 is 5.48. The van der Waals surface area contributed by atoms with E-state index < -0.39 is 0 Å². The van der Waals surface area contributed by atoms with Gasteiger partial charge in [0, 0.05) is 17.7 Å². The predicted molar refractivity (Wildman–Crippen MR) is 73.7 cm³/mol. The number of hydrogen-bond donors (Lipinski definition) is 2. The molecule has 0 unspecified atom stereocenters. The van der Waals surface area contributed by atoms with Crippen LogP contribution in [0.15, 0.2) is 34.7 Å². The van der Waals surface area contributed by atoms with Gasteiger partial charge in [0.15, 0.2) is 0 Å². The monoisotopic (exact) mass is 259 g/mol. The van der Waals surface area contributed by atoms with Crippen molar-refractivity contribution in [3.63, 3.8) is 0 Å². The van der Waals surface area contributed by atoms with Gasteiger partial charge in [-0.3, -0.25) is 4.79 Å². The molecular formula is C15H17NO3. The number of furan rings is 1. The first-order valence-electron chi connectivity index (χ1n) is 6.24. The number of anilines is 1. The summed E-state index contributed by atoms with van der Waals surface area (Å²) in [4.78, 5) is 11.5. The lowest BCUT2D eigenvalue weighted by Gasteiger charge is -2.09. The topological polar surface area (TPSA) is 62.5 Å². The predicted octanol–water partition coefficient (Wildman–Crippen LogP) is 3.10. The molecule has 0 spiro atoms. The van der Waals surface area contributed by atoms with Crippen molar-refractivity contribution >= 4 is 11.6 Å². The average Bonchev–Trinajstić information content (AvgIpc) is 2.90. The standard InChI is InChI=1S/C15H17NO3/c1-3-15(18)16-13-8-11(5-4-10(13)2)14-7-6-12(9-17)19-14/h4-8,17H,3,9H2,1-2H3,(H,16,18). The van der Waals surface area contributed by atoms with E-state index in [4.69, 9.17) is 9.52 Å². The number of aryl methyl sites for hydroxylation is 1. The van der Waals surface area contributed by atoms with Gasteiger partial charge in [-0.2, -0.15) is 0 Å². The van der Waals surface area contributed by atoms with Crippen LogP contribution in [0, 0.1) is 6.92 Å². The van der Waals surface area contributed by atoms with Gasteiger partial charge >= 0.3 is 0 Å². The Kier molecular flexibility index (Phi) is 4.02. The Hall–Kier alpha value is -2.07. The number of hydrogen-bond acceptors (Lipinski definition) is 3. The van der Waals surface area contributed by atoms with Crippen molar-refractivity contribution < 1.29 is 14.3 Å². The summed E-state index contributed by atoms with van der Waals surface area (Å²) in [5.74, 6) is 1.18. The second kappa shape index (κ2) is 5.71. The minimum absolute atomic E-state index is 0.0178. The fourth-order valence-electron chi connectivity index (χ4n) is 1.77. The smallest absolute Gasteiger partial charge is 0.224 e. The third kappa shape index (κ3) is 3.03. The molecule has 2 aromatic rings. The first-order valence-corrected chi connectivity index (χ1v) is 6.24. The molecule has 1 aromatic heterocycles. The molecule has 0 radical (unpaired) electrons. The summed E-state index contributed by atoms with van der Waals surface area (Å²) in [5.41, 5.74) is 2.66. The molecule has 2 rings (SSSR count). The van der Waals surface area contributed by atoms with Gasteiger partial charge in [-0.25, -0.2) is 0 Å². The van der Waals surface area contributed by atoms with E-state index in [-0.39, 0.29) is 12.5 Å². The molecule has 0 aliphatic rings. The van der Waals surface area contributed by atoms with Gasteiger partial charge in [0.05, 0.1) is 0 Å². The second-order valence-electron chi connectivity index (χ2n) is 4.36. The van der Waals surface area contributed by atoms with Crippen LogP contribution in [0.2, 0.25) is 0 Å². The van der Waals surface area contributed by atoms with Crippen molar-refractivity contribution in [1.82, 2.24) is 0 Å². The molecule has 0 saturated heterocycles. The van der Waals surface area contributed by atoms with Crippen LogP contribution < -0.4 is 5.32 Å². The van der Waals surface area contributed by atoms with Gasteiger partial charge in [0.2, 0.25) is 5.91 Å². The van der Waals surface area contributed by atoms with E-state index in [0.29, 0.717) is 17.9 Å². The van der Waals surface area contributed by atoms with Crippen LogP contribution in [0.25, 0.3) is 11.3 Å². The van der Waals surface area contributed by atoms with Crippen LogP contribution in [0.4, 0.5) is 5.69 Å². The van der Waals surface area contributed by atoms with E-state index in [1.807, 2.05) is 38.1 Å². The van der Waals surface area contributed by atoms with Gasteiger partial charge in [0.25, 0.3) is 0 Å². The Labute approximate surface area is 112 Å². The molecule has 4 nitrogen and oxygen atoms in total. The van der Waals surface area contributed by atoms with Crippen molar-refractivity contribution in [3.05, 3.63) is 41.7 Å². The van der Waals surface area contributed by atoms with Gasteiger partial charge in [-0.15, -0.1) is 0 Å². The third-order valence-corrected chi connectivity index (χ3v) is 2.93. The van der Waals surface area contributed by atoms with E-state index >= 15 is 0 Å². The molecule has 100 valence electrons. The summed E-state index contributed by atoms with van der Waals surface area (Å²) in [6.45, 7) is 3.64. The normalized spacial score (nSPS) is 10.5. The van der Waals surface area contributed by atoms with Gasteiger partial charge < -0.3 is 14.8 Å². The highest BCUT2D eigenvalue weighted by molar-refractivity contribution is 5.92. The Bertz CT molecular complexity index is 587. The molecule has 0 fully saturated rings. The number of amides is 1. The van der Waals surface area contributed by atoms with E-state index in [1.165, 1.54) is 0 Å². The Morgan fingerprint density at radius 1 is 1.32 bits per heavy atom. The fraction of sp³-hybridized carbons (Fsp3) is 0.267. The number of aliphatic hydroxyl groups excluding tert-OH is 1. The van der Waals surface area contributed by atoms with E-state index in [1.54, 1.807) is 6.07 Å². The first kappa shape index (κ1) is 13.4. The lowest BCUT2D eigenvalue weighted by atomic mass is 10.1. The highest BCUT2D eigenvalue weighted by Gasteiger charge is 2.08. The average molecular weight is 259 g/mol. The van der Waals surface area contributed by atoms with Crippen molar-refractivity contribution in [3.8, 4) is 11.3 Å². The zero-order valence-corrected chi connectivity index (χ0v) is 11.1. The summed E-state index contributed by atoms with van der Waals surface area (Å²) in [6, 6.07) is 9.28. The van der Waals surface area contributed by atoms with Crippen LogP contribution in [0.3, 0.4) is 0 Å². The highest BCUT2D eigenvalue weighted by Crippen LogP contribution is 2.27. The maximum absolute atomic E-state index is 11.5. The summed E-state index contributed by atoms with van der Waals surface area (Å²) in [5, 5.41) is 11.9. The molecule has 0 atom stereocenters. The molecule has 0 aliphatic heterocycles. The number of nitrogens with one attached hydrogen (secondary N) is 1. The van der Waals surface area contributed by atoms with Gasteiger partial charge in [-0.1, -0.05) is 19.1 Å². The molecule has 1 heterocycles. The highest BCUT2D eigenvalue weighted by atomic mass is 16.4. The van der Waals surface area contributed by atoms with Crippen molar-refractivity contribution in [2.24, 2.45) is 0 Å². The molecule has 0 saturated carbocycles. The SMILES string of the molecule is CCC(=O)Nc1cc(-c2ccc(CO)o2)ccc1C. The molecule has 4 heteroatoms. The largest absolute Gasteiger partial charge is 0.459 e. The fourth-order valence-corrected chi connectivity index (χ4v) is 1.77. The van der Waals surface area contributed by atoms with Crippen molar-refractivity contribution in [1.29, 1.82) is 0 Å². The number of carbonyl (C=O) groups excluding carboxylic acids is 1. The minimum atomic E-state index is -0.120. The number of aliphatic hydroxyl groups is 1. The van der Waals surface area contributed by atoms with Crippen LogP contribution in [-0.2, 0) is 11.4 Å². The van der Waals surface area contributed by atoms with Gasteiger partial charge in [-0.05, 0) is 30.7 Å². The second-order valence-corrected chi connectivity index (χ2v) is 4.36. The van der Waals surface area contributed by atoms with Crippen LogP contribution in [0.5, 0.6) is 0 Å². The van der Waals surface area contributed by atoms with E-state index in [2.05, 4.69) is 5.32 Å². The Balaban J connectivity index is 2.32. The lowest BCUT2D eigenvalue weighted by Crippen LogP contribution is -2.10. The molecular weight excluding hydrogens is 242 g/mol. The van der Waals surface area contributed by atoms with E-state index in [9.17, 15) is 4.79 Å². The molecule has 19 heavy (non-hydrogen) atoms. The molecule has 1 aromatic carbocycles. The van der Waals surface area contributed by atoms with Crippen molar-refractivity contribution in [2.45, 2.75) is 26.9 Å². The summed E-state index contributed by atoms with van der Waals surface area (Å²) in [7, 11) is 0. The molecule has 0 bridgehead atoms. The van der Waals surface area contributed by atoms with Gasteiger partial charge in [0.1, 0.15) is 18.1 Å². The van der Waals surface area contributed by atoms with E-state index in [0.717, 1.165) is 16.8 Å². The third-order valence-electron chi connectivity index (χ3n) is 2.93. The number of benzene rings is 1. The molecule has 0 aliphatic carbocycles. The summed E-state index contributed by atoms with van der Waals surface area (Å²) >= 11 is 0. The molecule has 2 N–H and O–H groups in total. The zero-order valence-electron chi connectivity index (χ0n) is 11.1. The molecule has 1 amide bonds. The minimum Gasteiger partial charge on any atom is -0.459 e. The number of carbonyl (C=O) groups is 1. The zero-order chi connectivity index (χ0) is 13.8. The number of rotatable bonds is 4. The Morgan fingerprint density at radius 2 is 2.11 bits per heavy atom. The van der Waals surface area contributed by atoms with Crippen LogP contribution >= 0.6 is 0 Å². The Morgan fingerprint density at radius 3 is 2.74 bits per heavy atom.